The lowest BCUT2D eigenvalue weighted by atomic mass is 9.84. The number of nitrogens with zero attached hydrogens (tertiary/aromatic N) is 3. The number of piperazine rings is 1. The number of hydrogen-bond donors (Lipinski definition) is 0. The highest BCUT2D eigenvalue weighted by molar-refractivity contribution is 5.79. The first kappa shape index (κ1) is 11.5. The summed E-state index contributed by atoms with van der Waals surface area (Å²) in [4.78, 5) is 20.8. The van der Waals surface area contributed by atoms with Crippen LogP contribution in [0.1, 0.15) is 19.3 Å². The van der Waals surface area contributed by atoms with E-state index in [1.54, 1.807) is 0 Å². The lowest BCUT2D eigenvalue weighted by Gasteiger charge is -2.38. The van der Waals surface area contributed by atoms with E-state index in [0.29, 0.717) is 11.8 Å². The highest BCUT2D eigenvalue weighted by Crippen LogP contribution is 2.28. The number of carbonyl (C=O) groups is 1. The van der Waals surface area contributed by atoms with Crippen molar-refractivity contribution in [1.29, 1.82) is 0 Å². The Kier molecular flexibility index (Phi) is 3.17. The fourth-order valence-corrected chi connectivity index (χ4v) is 2.61. The van der Waals surface area contributed by atoms with Crippen molar-refractivity contribution >= 4 is 11.7 Å². The van der Waals surface area contributed by atoms with Crippen LogP contribution in [0.3, 0.4) is 0 Å². The molecule has 2 fully saturated rings. The van der Waals surface area contributed by atoms with Gasteiger partial charge in [0.05, 0.1) is 0 Å². The van der Waals surface area contributed by atoms with E-state index < -0.39 is 0 Å². The first-order valence-corrected chi connectivity index (χ1v) is 6.79. The molecule has 2 aliphatic rings. The molecule has 0 N–H and O–H groups in total. The number of amides is 1. The first-order chi connectivity index (χ1) is 8.84. The molecule has 1 amide bonds. The molecule has 0 atom stereocenters. The summed E-state index contributed by atoms with van der Waals surface area (Å²) in [7, 11) is 0. The molecule has 0 radical (unpaired) electrons. The molecular weight excluding hydrogens is 226 g/mol. The molecule has 2 heterocycles. The third kappa shape index (κ3) is 2.19. The van der Waals surface area contributed by atoms with Crippen molar-refractivity contribution in [1.82, 2.24) is 9.88 Å². The van der Waals surface area contributed by atoms with Crippen LogP contribution in [0.25, 0.3) is 0 Å². The Balaban J connectivity index is 1.56. The van der Waals surface area contributed by atoms with E-state index in [0.717, 1.165) is 44.8 Å². The van der Waals surface area contributed by atoms with E-state index in [9.17, 15) is 4.79 Å². The monoisotopic (exact) mass is 245 g/mol. The lowest BCUT2D eigenvalue weighted by molar-refractivity contribution is -0.138. The Labute approximate surface area is 108 Å². The van der Waals surface area contributed by atoms with Gasteiger partial charge in [-0.25, -0.2) is 4.98 Å². The predicted molar refractivity (Wildman–Crippen MR) is 70.4 cm³/mol. The van der Waals surface area contributed by atoms with Gasteiger partial charge in [-0.15, -0.1) is 0 Å². The van der Waals surface area contributed by atoms with Crippen molar-refractivity contribution in [2.75, 3.05) is 31.1 Å². The summed E-state index contributed by atoms with van der Waals surface area (Å²) in [6.07, 6.45) is 5.24. The molecular formula is C14H19N3O. The zero-order valence-corrected chi connectivity index (χ0v) is 10.6. The SMILES string of the molecule is O=C(C1CCC1)N1CCN(c2ccccn2)CC1. The zero-order chi connectivity index (χ0) is 12.4. The van der Waals surface area contributed by atoms with Crippen LogP contribution in [-0.2, 0) is 4.79 Å². The van der Waals surface area contributed by atoms with E-state index in [2.05, 4.69) is 9.88 Å². The van der Waals surface area contributed by atoms with Gasteiger partial charge >= 0.3 is 0 Å². The topological polar surface area (TPSA) is 36.4 Å². The molecule has 1 aliphatic heterocycles. The van der Waals surface area contributed by atoms with Crippen LogP contribution in [0.2, 0.25) is 0 Å². The normalized spacial score (nSPS) is 20.7. The Bertz CT molecular complexity index is 408. The number of anilines is 1. The molecule has 3 rings (SSSR count). The lowest BCUT2D eigenvalue weighted by Crippen LogP contribution is -2.51. The molecule has 1 aliphatic carbocycles. The molecule has 4 nitrogen and oxygen atoms in total. The Hall–Kier alpha value is -1.58. The van der Waals surface area contributed by atoms with Crippen LogP contribution >= 0.6 is 0 Å². The van der Waals surface area contributed by atoms with E-state index in [4.69, 9.17) is 0 Å². The third-order valence-electron chi connectivity index (χ3n) is 4.02. The molecule has 18 heavy (non-hydrogen) atoms. The molecule has 1 aromatic rings. The second-order valence-corrected chi connectivity index (χ2v) is 5.13. The van der Waals surface area contributed by atoms with Gasteiger partial charge in [0.25, 0.3) is 0 Å². The molecule has 0 aromatic carbocycles. The quantitative estimate of drug-likeness (QED) is 0.793. The van der Waals surface area contributed by atoms with Crippen molar-refractivity contribution in [2.45, 2.75) is 19.3 Å². The van der Waals surface area contributed by atoms with E-state index in [-0.39, 0.29) is 0 Å². The molecule has 0 bridgehead atoms. The predicted octanol–water partition coefficient (Wildman–Crippen LogP) is 1.53. The zero-order valence-electron chi connectivity index (χ0n) is 10.6. The van der Waals surface area contributed by atoms with Gasteiger partial charge in [0.15, 0.2) is 0 Å². The third-order valence-corrected chi connectivity index (χ3v) is 4.02. The van der Waals surface area contributed by atoms with E-state index in [1.807, 2.05) is 29.3 Å². The molecule has 1 aromatic heterocycles. The van der Waals surface area contributed by atoms with Crippen LogP contribution in [0.4, 0.5) is 5.82 Å². The summed E-state index contributed by atoms with van der Waals surface area (Å²) in [6, 6.07) is 5.97. The number of rotatable bonds is 2. The largest absolute Gasteiger partial charge is 0.353 e. The van der Waals surface area contributed by atoms with Crippen molar-refractivity contribution < 1.29 is 4.79 Å². The Morgan fingerprint density at radius 3 is 2.50 bits per heavy atom. The second-order valence-electron chi connectivity index (χ2n) is 5.13. The van der Waals surface area contributed by atoms with E-state index in [1.165, 1.54) is 6.42 Å². The standard InChI is InChI=1S/C14H19N3O/c18-14(12-4-3-5-12)17-10-8-16(9-11-17)13-6-1-2-7-15-13/h1-2,6-7,12H,3-5,8-11H2. The van der Waals surface area contributed by atoms with Gasteiger partial charge in [0, 0.05) is 38.3 Å². The fraction of sp³-hybridized carbons (Fsp3) is 0.571. The smallest absolute Gasteiger partial charge is 0.225 e. The number of carbonyl (C=O) groups excluding carboxylic acids is 1. The summed E-state index contributed by atoms with van der Waals surface area (Å²) in [6.45, 7) is 3.47. The maximum atomic E-state index is 12.1. The average molecular weight is 245 g/mol. The van der Waals surface area contributed by atoms with Crippen molar-refractivity contribution in [3.8, 4) is 0 Å². The highest BCUT2D eigenvalue weighted by atomic mass is 16.2. The minimum absolute atomic E-state index is 0.325. The Morgan fingerprint density at radius 1 is 1.17 bits per heavy atom. The van der Waals surface area contributed by atoms with Gasteiger partial charge in [0.2, 0.25) is 5.91 Å². The Morgan fingerprint density at radius 2 is 1.94 bits per heavy atom. The molecule has 1 saturated heterocycles. The number of aromatic nitrogens is 1. The first-order valence-electron chi connectivity index (χ1n) is 6.79. The van der Waals surface area contributed by atoms with Gasteiger partial charge in [0.1, 0.15) is 5.82 Å². The van der Waals surface area contributed by atoms with Crippen LogP contribution in [0, 0.1) is 5.92 Å². The fourth-order valence-electron chi connectivity index (χ4n) is 2.61. The van der Waals surface area contributed by atoms with Gasteiger partial charge in [-0.1, -0.05) is 12.5 Å². The maximum absolute atomic E-state index is 12.1. The van der Waals surface area contributed by atoms with Crippen LogP contribution in [-0.4, -0.2) is 42.0 Å². The molecule has 0 unspecified atom stereocenters. The van der Waals surface area contributed by atoms with Crippen molar-refractivity contribution in [3.05, 3.63) is 24.4 Å². The molecule has 96 valence electrons. The van der Waals surface area contributed by atoms with Crippen LogP contribution in [0.5, 0.6) is 0 Å². The summed E-state index contributed by atoms with van der Waals surface area (Å²) < 4.78 is 0. The molecule has 0 spiro atoms. The number of hydrogen-bond acceptors (Lipinski definition) is 3. The minimum atomic E-state index is 0.325. The summed E-state index contributed by atoms with van der Waals surface area (Å²) in [5.41, 5.74) is 0. The highest BCUT2D eigenvalue weighted by Gasteiger charge is 2.31. The van der Waals surface area contributed by atoms with Crippen LogP contribution < -0.4 is 4.90 Å². The molecule has 1 saturated carbocycles. The molecule has 4 heteroatoms. The van der Waals surface area contributed by atoms with Crippen LogP contribution in [0.15, 0.2) is 24.4 Å². The average Bonchev–Trinajstić information content (AvgIpc) is 2.38. The summed E-state index contributed by atoms with van der Waals surface area (Å²) in [5, 5.41) is 0. The van der Waals surface area contributed by atoms with Gasteiger partial charge in [-0.05, 0) is 25.0 Å². The van der Waals surface area contributed by atoms with Crippen molar-refractivity contribution in [3.63, 3.8) is 0 Å². The summed E-state index contributed by atoms with van der Waals surface area (Å²) in [5.74, 6) is 1.72. The number of pyridine rings is 1. The minimum Gasteiger partial charge on any atom is -0.353 e. The van der Waals surface area contributed by atoms with Gasteiger partial charge < -0.3 is 9.80 Å². The van der Waals surface area contributed by atoms with Crippen molar-refractivity contribution in [2.24, 2.45) is 5.92 Å². The van der Waals surface area contributed by atoms with Gasteiger partial charge in [-0.2, -0.15) is 0 Å². The second kappa shape index (κ2) is 4.96. The van der Waals surface area contributed by atoms with E-state index >= 15 is 0 Å². The van der Waals surface area contributed by atoms with Gasteiger partial charge in [-0.3, -0.25) is 4.79 Å². The maximum Gasteiger partial charge on any atom is 0.225 e. The summed E-state index contributed by atoms with van der Waals surface area (Å²) >= 11 is 0.